The molecule has 1 saturated heterocycles. The number of carbonyl (C=O) groups is 3. The van der Waals surface area contributed by atoms with Crippen LogP contribution in [-0.2, 0) is 25.5 Å². The summed E-state index contributed by atoms with van der Waals surface area (Å²) in [5.74, 6) is 0.0101. The number of amides is 2. The third-order valence-corrected chi connectivity index (χ3v) is 8.74. The van der Waals surface area contributed by atoms with Crippen molar-refractivity contribution >= 4 is 17.6 Å². The maximum Gasteiger partial charge on any atom is 0.243 e. The fourth-order valence-corrected chi connectivity index (χ4v) is 6.35. The number of benzene rings is 1. The van der Waals surface area contributed by atoms with E-state index in [1.165, 1.54) is 12.0 Å². The minimum absolute atomic E-state index is 0.0151. The summed E-state index contributed by atoms with van der Waals surface area (Å²) in [5, 5.41) is 3.22. The first-order valence-corrected chi connectivity index (χ1v) is 13.7. The topological polar surface area (TPSA) is 75.7 Å². The summed E-state index contributed by atoms with van der Waals surface area (Å²) < 4.78 is 5.71. The van der Waals surface area contributed by atoms with Crippen molar-refractivity contribution in [3.8, 4) is 0 Å². The van der Waals surface area contributed by atoms with Crippen molar-refractivity contribution in [2.75, 3.05) is 13.7 Å². The molecule has 2 amide bonds. The van der Waals surface area contributed by atoms with Gasteiger partial charge in [0.05, 0.1) is 12.1 Å². The average molecular weight is 483 g/mol. The summed E-state index contributed by atoms with van der Waals surface area (Å²) >= 11 is 0. The van der Waals surface area contributed by atoms with Crippen LogP contribution in [0, 0.1) is 17.8 Å². The Labute approximate surface area is 210 Å². The fraction of sp³-hybridized carbons (Fsp3) is 0.690. The van der Waals surface area contributed by atoms with Crippen molar-refractivity contribution in [2.45, 2.75) is 96.2 Å². The molecule has 0 spiro atoms. The van der Waals surface area contributed by atoms with E-state index in [1.807, 2.05) is 26.0 Å². The van der Waals surface area contributed by atoms with Gasteiger partial charge in [-0.15, -0.1) is 0 Å². The zero-order chi connectivity index (χ0) is 24.9. The molecule has 192 valence electrons. The maximum atomic E-state index is 13.9. The van der Waals surface area contributed by atoms with E-state index in [4.69, 9.17) is 4.74 Å². The number of ether oxygens (including phenoxy) is 1. The third kappa shape index (κ3) is 5.63. The van der Waals surface area contributed by atoms with Crippen LogP contribution in [0.4, 0.5) is 0 Å². The number of nitrogens with zero attached hydrogens (tertiary/aromatic N) is 1. The Bertz CT molecular complexity index is 910. The van der Waals surface area contributed by atoms with Gasteiger partial charge in [0.15, 0.2) is 0 Å². The number of ketones is 1. The Morgan fingerprint density at radius 1 is 1.09 bits per heavy atom. The van der Waals surface area contributed by atoms with E-state index >= 15 is 0 Å². The van der Waals surface area contributed by atoms with Gasteiger partial charge in [-0.2, -0.15) is 0 Å². The molecule has 1 saturated carbocycles. The van der Waals surface area contributed by atoms with Gasteiger partial charge in [-0.1, -0.05) is 57.4 Å². The molecule has 2 aliphatic carbocycles. The van der Waals surface area contributed by atoms with Gasteiger partial charge in [-0.3, -0.25) is 14.4 Å². The summed E-state index contributed by atoms with van der Waals surface area (Å²) in [5.41, 5.74) is 2.30. The fourth-order valence-electron chi connectivity index (χ4n) is 6.35. The molecule has 1 aromatic carbocycles. The van der Waals surface area contributed by atoms with E-state index in [1.54, 1.807) is 12.0 Å². The molecule has 1 heterocycles. The van der Waals surface area contributed by atoms with Crippen LogP contribution in [0.1, 0.15) is 88.8 Å². The lowest BCUT2D eigenvalue weighted by Gasteiger charge is -2.35. The summed E-state index contributed by atoms with van der Waals surface area (Å²) in [7, 11) is 1.68. The zero-order valence-corrected chi connectivity index (χ0v) is 21.6. The van der Waals surface area contributed by atoms with E-state index in [0.29, 0.717) is 19.4 Å². The van der Waals surface area contributed by atoms with Gasteiger partial charge in [0, 0.05) is 38.3 Å². The summed E-state index contributed by atoms with van der Waals surface area (Å²) in [6, 6.07) is 7.46. The van der Waals surface area contributed by atoms with E-state index < -0.39 is 6.04 Å². The van der Waals surface area contributed by atoms with Crippen molar-refractivity contribution in [3.63, 3.8) is 0 Å². The van der Waals surface area contributed by atoms with E-state index in [9.17, 15) is 14.4 Å². The highest BCUT2D eigenvalue weighted by atomic mass is 16.5. The lowest BCUT2D eigenvalue weighted by atomic mass is 9.76. The third-order valence-electron chi connectivity index (χ3n) is 8.74. The second kappa shape index (κ2) is 11.7. The minimum atomic E-state index is -0.474. The summed E-state index contributed by atoms with van der Waals surface area (Å²) in [6.45, 7) is 4.57. The van der Waals surface area contributed by atoms with Crippen molar-refractivity contribution < 1.29 is 19.1 Å². The first kappa shape index (κ1) is 25.9. The molecule has 0 aromatic heterocycles. The van der Waals surface area contributed by atoms with Crippen LogP contribution in [0.3, 0.4) is 0 Å². The van der Waals surface area contributed by atoms with Crippen molar-refractivity contribution in [2.24, 2.45) is 17.8 Å². The molecule has 1 aromatic rings. The molecule has 6 heteroatoms. The lowest BCUT2D eigenvalue weighted by Crippen LogP contribution is -2.50. The predicted molar refractivity (Wildman–Crippen MR) is 136 cm³/mol. The molecule has 1 N–H and O–H groups in total. The monoisotopic (exact) mass is 482 g/mol. The number of hydrogen-bond acceptors (Lipinski definition) is 4. The van der Waals surface area contributed by atoms with Crippen LogP contribution >= 0.6 is 0 Å². The van der Waals surface area contributed by atoms with E-state index in [-0.39, 0.29) is 47.5 Å². The number of hydrogen-bond donors (Lipinski definition) is 1. The van der Waals surface area contributed by atoms with Crippen LogP contribution in [0.15, 0.2) is 24.3 Å². The van der Waals surface area contributed by atoms with Crippen LogP contribution in [0.2, 0.25) is 0 Å². The number of fused-ring (bicyclic) bond motifs is 1. The molecule has 0 bridgehead atoms. The molecule has 2 fully saturated rings. The van der Waals surface area contributed by atoms with Crippen LogP contribution in [0.5, 0.6) is 0 Å². The predicted octanol–water partition coefficient (Wildman–Crippen LogP) is 4.61. The highest BCUT2D eigenvalue weighted by molar-refractivity contribution is 5.92. The summed E-state index contributed by atoms with van der Waals surface area (Å²) in [4.78, 5) is 42.2. The first-order valence-electron chi connectivity index (χ1n) is 13.7. The Morgan fingerprint density at radius 3 is 2.54 bits per heavy atom. The normalized spacial score (nSPS) is 26.3. The SMILES string of the molecule is CC[C@@H](C)C(=O)C[C@H](C(=O)N1CCC[C@H]1C(=O)N[C@H]1c2ccccc2C[C@H]1OC)C1CCCCC1. The smallest absolute Gasteiger partial charge is 0.243 e. The van der Waals surface area contributed by atoms with Gasteiger partial charge in [-0.25, -0.2) is 0 Å². The van der Waals surface area contributed by atoms with Crippen molar-refractivity contribution in [1.29, 1.82) is 0 Å². The van der Waals surface area contributed by atoms with Gasteiger partial charge in [0.1, 0.15) is 11.8 Å². The average Bonchev–Trinajstić information content (AvgIpc) is 3.52. The first-order chi connectivity index (χ1) is 16.9. The van der Waals surface area contributed by atoms with Crippen LogP contribution in [0.25, 0.3) is 0 Å². The number of nitrogens with one attached hydrogen (secondary N) is 1. The molecule has 4 rings (SSSR count). The van der Waals surface area contributed by atoms with Crippen LogP contribution in [-0.4, -0.2) is 48.3 Å². The molecular weight excluding hydrogens is 440 g/mol. The van der Waals surface area contributed by atoms with Crippen molar-refractivity contribution in [3.05, 3.63) is 35.4 Å². The Morgan fingerprint density at radius 2 is 1.83 bits per heavy atom. The lowest BCUT2D eigenvalue weighted by molar-refractivity contribution is -0.145. The molecule has 35 heavy (non-hydrogen) atoms. The van der Waals surface area contributed by atoms with Crippen molar-refractivity contribution in [1.82, 2.24) is 10.2 Å². The standard InChI is InChI=1S/C29H42N2O4/c1-4-19(2)25(32)18-23(20-11-6-5-7-12-20)29(34)31-16-10-15-24(31)28(33)30-27-22-14-9-8-13-21(22)17-26(27)35-3/h8-9,13-14,19-20,23-24,26-27H,4-7,10-12,15-18H2,1-3H3,(H,30,33)/t19-,23+,24+,26-,27+/m1/s1. The number of likely N-dealkylation sites (tertiary alicyclic amines) is 1. The Kier molecular flexibility index (Phi) is 8.64. The van der Waals surface area contributed by atoms with E-state index in [0.717, 1.165) is 50.5 Å². The van der Waals surface area contributed by atoms with E-state index in [2.05, 4.69) is 17.4 Å². The molecular formula is C29H42N2O4. The number of carbonyl (C=O) groups excluding carboxylic acids is 3. The number of Topliss-reactive ketones (excluding diaryl/α,β-unsaturated/α-hetero) is 1. The highest BCUT2D eigenvalue weighted by Crippen LogP contribution is 2.36. The minimum Gasteiger partial charge on any atom is -0.379 e. The number of methoxy groups -OCH3 is 1. The molecule has 0 radical (unpaired) electrons. The van der Waals surface area contributed by atoms with Gasteiger partial charge >= 0.3 is 0 Å². The zero-order valence-electron chi connectivity index (χ0n) is 21.6. The highest BCUT2D eigenvalue weighted by Gasteiger charge is 2.42. The Balaban J connectivity index is 1.50. The Hall–Kier alpha value is -2.21. The van der Waals surface area contributed by atoms with Gasteiger partial charge in [-0.05, 0) is 49.1 Å². The second-order valence-electron chi connectivity index (χ2n) is 10.8. The molecule has 5 atom stereocenters. The van der Waals surface area contributed by atoms with Gasteiger partial charge < -0.3 is 15.0 Å². The molecule has 3 aliphatic rings. The second-order valence-corrected chi connectivity index (χ2v) is 10.8. The molecule has 1 aliphatic heterocycles. The molecule has 6 nitrogen and oxygen atoms in total. The van der Waals surface area contributed by atoms with Gasteiger partial charge in [0.25, 0.3) is 0 Å². The van der Waals surface area contributed by atoms with Gasteiger partial charge in [0.2, 0.25) is 11.8 Å². The quantitative estimate of drug-likeness (QED) is 0.558. The van der Waals surface area contributed by atoms with Crippen LogP contribution < -0.4 is 5.32 Å². The molecule has 0 unspecified atom stereocenters. The maximum absolute atomic E-state index is 13.9. The largest absolute Gasteiger partial charge is 0.379 e. The summed E-state index contributed by atoms with van der Waals surface area (Å²) in [6.07, 6.45) is 8.70. The number of rotatable bonds is 9.